The quantitative estimate of drug-likeness (QED) is 0.649. The molecule has 0 N–H and O–H groups in total. The Kier molecular flexibility index (Phi) is 3.92. The molecular weight excluding hydrogens is 384 g/mol. The predicted molar refractivity (Wildman–Crippen MR) is 110 cm³/mol. The van der Waals surface area contributed by atoms with Gasteiger partial charge in [-0.05, 0) is 74.5 Å². The van der Waals surface area contributed by atoms with Gasteiger partial charge in [-0.15, -0.1) is 11.3 Å². The van der Waals surface area contributed by atoms with Crippen molar-refractivity contribution in [3.05, 3.63) is 40.8 Å². The molecule has 4 saturated carbocycles. The van der Waals surface area contributed by atoms with Gasteiger partial charge in [-0.3, -0.25) is 4.79 Å². The van der Waals surface area contributed by atoms with Crippen LogP contribution in [-0.4, -0.2) is 18.4 Å². The summed E-state index contributed by atoms with van der Waals surface area (Å²) in [7, 11) is 0. The SMILES string of the molecule is O=C(OCC(=O)C12CC3CC(CC(C3)C1)C2)c1cc2c(s1)-c1ccccc1OC2. The van der Waals surface area contributed by atoms with E-state index in [2.05, 4.69) is 0 Å². The van der Waals surface area contributed by atoms with Crippen LogP contribution in [0.25, 0.3) is 10.4 Å². The molecule has 150 valence electrons. The first-order valence-electron chi connectivity index (χ1n) is 10.6. The van der Waals surface area contributed by atoms with E-state index in [9.17, 15) is 9.59 Å². The number of hydrogen-bond acceptors (Lipinski definition) is 5. The Balaban J connectivity index is 1.17. The molecule has 0 saturated heterocycles. The Morgan fingerprint density at radius 3 is 2.48 bits per heavy atom. The van der Waals surface area contributed by atoms with E-state index in [0.717, 1.165) is 41.0 Å². The van der Waals surface area contributed by atoms with Crippen molar-refractivity contribution >= 4 is 23.1 Å². The second kappa shape index (κ2) is 6.43. The highest BCUT2D eigenvalue weighted by molar-refractivity contribution is 7.17. The lowest BCUT2D eigenvalue weighted by Gasteiger charge is -2.55. The number of esters is 1. The summed E-state index contributed by atoms with van der Waals surface area (Å²) in [5, 5.41) is 0. The summed E-state index contributed by atoms with van der Waals surface area (Å²) in [6.45, 7) is 0.378. The van der Waals surface area contributed by atoms with Gasteiger partial charge >= 0.3 is 5.97 Å². The Bertz CT molecular complexity index is 969. The van der Waals surface area contributed by atoms with Crippen LogP contribution in [0.15, 0.2) is 30.3 Å². The highest BCUT2D eigenvalue weighted by atomic mass is 32.1. The molecule has 0 unspecified atom stereocenters. The third-order valence-corrected chi connectivity index (χ3v) is 8.68. The minimum absolute atomic E-state index is 0.0827. The molecule has 4 aliphatic carbocycles. The molecule has 2 aromatic rings. The summed E-state index contributed by atoms with van der Waals surface area (Å²) in [5.74, 6) is 2.75. The van der Waals surface area contributed by atoms with Gasteiger partial charge in [0, 0.05) is 21.4 Å². The average molecular weight is 409 g/mol. The van der Waals surface area contributed by atoms with Gasteiger partial charge < -0.3 is 9.47 Å². The highest BCUT2D eigenvalue weighted by Crippen LogP contribution is 2.60. The summed E-state index contributed by atoms with van der Waals surface area (Å²) >= 11 is 1.43. The van der Waals surface area contributed by atoms with Crippen LogP contribution < -0.4 is 4.74 Å². The lowest BCUT2D eigenvalue weighted by molar-refractivity contribution is -0.147. The predicted octanol–water partition coefficient (Wildman–Crippen LogP) is 5.25. The van der Waals surface area contributed by atoms with Gasteiger partial charge in [0.2, 0.25) is 0 Å². The number of hydrogen-bond donors (Lipinski definition) is 0. The van der Waals surface area contributed by atoms with E-state index in [1.54, 1.807) is 0 Å². The molecular formula is C24H24O4S. The fourth-order valence-corrected chi connectivity index (χ4v) is 7.70. The van der Waals surface area contributed by atoms with E-state index in [1.807, 2.05) is 30.3 Å². The monoisotopic (exact) mass is 408 g/mol. The van der Waals surface area contributed by atoms with Gasteiger partial charge in [-0.25, -0.2) is 4.79 Å². The zero-order chi connectivity index (χ0) is 19.6. The van der Waals surface area contributed by atoms with Crippen molar-refractivity contribution in [2.45, 2.75) is 45.1 Å². The van der Waals surface area contributed by atoms with Crippen LogP contribution in [0.2, 0.25) is 0 Å². The van der Waals surface area contributed by atoms with Crippen LogP contribution in [-0.2, 0) is 16.1 Å². The van der Waals surface area contributed by atoms with Gasteiger partial charge in [-0.1, -0.05) is 12.1 Å². The molecule has 0 atom stereocenters. The molecule has 0 amide bonds. The molecule has 29 heavy (non-hydrogen) atoms. The fourth-order valence-electron chi connectivity index (χ4n) is 6.61. The van der Waals surface area contributed by atoms with E-state index in [0.29, 0.717) is 29.2 Å². The summed E-state index contributed by atoms with van der Waals surface area (Å²) < 4.78 is 11.3. The number of Topliss-reactive ketones (excluding diaryl/α,β-unsaturated/α-hetero) is 1. The van der Waals surface area contributed by atoms with Crippen LogP contribution in [0, 0.1) is 23.2 Å². The second-order valence-corrected chi connectivity index (χ2v) is 10.5. The number of thiophene rings is 1. The Morgan fingerprint density at radius 1 is 1.07 bits per heavy atom. The number of carbonyl (C=O) groups excluding carboxylic acids is 2. The Hall–Kier alpha value is -2.14. The number of ether oxygens (including phenoxy) is 2. The normalized spacial score (nSPS) is 31.0. The fraction of sp³-hybridized carbons (Fsp3) is 0.500. The second-order valence-electron chi connectivity index (χ2n) is 9.45. The molecule has 0 spiro atoms. The van der Waals surface area contributed by atoms with E-state index in [-0.39, 0.29) is 23.8 Å². The smallest absolute Gasteiger partial charge is 0.348 e. The summed E-state index contributed by atoms with van der Waals surface area (Å²) in [6.07, 6.45) is 6.94. The van der Waals surface area contributed by atoms with Gasteiger partial charge in [0.15, 0.2) is 12.4 Å². The van der Waals surface area contributed by atoms with Crippen LogP contribution in [0.1, 0.15) is 53.8 Å². The molecule has 4 bridgehead atoms. The Morgan fingerprint density at radius 2 is 1.76 bits per heavy atom. The summed E-state index contributed by atoms with van der Waals surface area (Å²) in [4.78, 5) is 27.4. The summed E-state index contributed by atoms with van der Waals surface area (Å²) in [5.41, 5.74) is 1.81. The van der Waals surface area contributed by atoms with Gasteiger partial charge in [-0.2, -0.15) is 0 Å². The minimum Gasteiger partial charge on any atom is -0.488 e. The number of para-hydroxylation sites is 1. The zero-order valence-corrected chi connectivity index (χ0v) is 17.1. The zero-order valence-electron chi connectivity index (χ0n) is 16.3. The molecule has 1 aromatic carbocycles. The Labute approximate surface area is 174 Å². The first-order chi connectivity index (χ1) is 14.1. The lowest BCUT2D eigenvalue weighted by atomic mass is 9.48. The van der Waals surface area contributed by atoms with Crippen molar-refractivity contribution in [3.63, 3.8) is 0 Å². The number of ketones is 1. The molecule has 4 nitrogen and oxygen atoms in total. The lowest BCUT2D eigenvalue weighted by Crippen LogP contribution is -2.51. The number of fused-ring (bicyclic) bond motifs is 3. The van der Waals surface area contributed by atoms with Crippen molar-refractivity contribution < 1.29 is 19.1 Å². The van der Waals surface area contributed by atoms with E-state index in [1.165, 1.54) is 30.6 Å². The van der Waals surface area contributed by atoms with Gasteiger partial charge in [0.1, 0.15) is 17.2 Å². The molecule has 2 heterocycles. The molecule has 0 radical (unpaired) electrons. The average Bonchev–Trinajstić information content (AvgIpc) is 3.16. The standard InChI is InChI=1S/C24H24O4S/c25-21(24-9-14-5-15(10-24)7-16(6-14)11-24)13-28-23(26)20-8-17-12-27-19-4-2-1-3-18(19)22(17)29-20/h1-4,8,14-16H,5-7,9-13H2. The minimum atomic E-state index is -0.389. The van der Waals surface area contributed by atoms with Crippen molar-refractivity contribution in [2.75, 3.05) is 6.61 Å². The van der Waals surface area contributed by atoms with Crippen LogP contribution in [0.4, 0.5) is 0 Å². The third-order valence-electron chi connectivity index (χ3n) is 7.49. The van der Waals surface area contributed by atoms with Crippen molar-refractivity contribution in [3.8, 4) is 16.2 Å². The van der Waals surface area contributed by atoms with E-state index >= 15 is 0 Å². The molecule has 5 aliphatic rings. The molecule has 1 aromatic heterocycles. The van der Waals surface area contributed by atoms with Crippen molar-refractivity contribution in [2.24, 2.45) is 23.2 Å². The molecule has 1 aliphatic heterocycles. The maximum Gasteiger partial charge on any atom is 0.348 e. The largest absolute Gasteiger partial charge is 0.488 e. The van der Waals surface area contributed by atoms with Crippen LogP contribution in [0.3, 0.4) is 0 Å². The third kappa shape index (κ3) is 2.85. The number of benzene rings is 1. The molecule has 4 fully saturated rings. The van der Waals surface area contributed by atoms with Crippen molar-refractivity contribution in [1.29, 1.82) is 0 Å². The number of carbonyl (C=O) groups is 2. The molecule has 5 heteroatoms. The topological polar surface area (TPSA) is 52.6 Å². The maximum atomic E-state index is 13.1. The van der Waals surface area contributed by atoms with Crippen molar-refractivity contribution in [1.82, 2.24) is 0 Å². The van der Waals surface area contributed by atoms with Gasteiger partial charge in [0.05, 0.1) is 0 Å². The maximum absolute atomic E-state index is 13.1. The van der Waals surface area contributed by atoms with E-state index < -0.39 is 0 Å². The summed E-state index contributed by atoms with van der Waals surface area (Å²) in [6, 6.07) is 9.73. The van der Waals surface area contributed by atoms with Crippen LogP contribution >= 0.6 is 11.3 Å². The number of rotatable bonds is 4. The first kappa shape index (κ1) is 17.7. The van der Waals surface area contributed by atoms with Gasteiger partial charge in [0.25, 0.3) is 0 Å². The molecule has 7 rings (SSSR count). The van der Waals surface area contributed by atoms with E-state index in [4.69, 9.17) is 9.47 Å². The first-order valence-corrected chi connectivity index (χ1v) is 11.5. The highest BCUT2D eigenvalue weighted by Gasteiger charge is 2.54. The van der Waals surface area contributed by atoms with Crippen LogP contribution in [0.5, 0.6) is 5.75 Å².